The van der Waals surface area contributed by atoms with Crippen LogP contribution in [0.1, 0.15) is 35.8 Å². The van der Waals surface area contributed by atoms with Crippen LogP contribution in [-0.2, 0) is 0 Å². The number of unbranched alkanes of at least 4 members (excludes halogenated alkanes) is 1. The van der Waals surface area contributed by atoms with Crippen LogP contribution in [0.4, 0.5) is 11.4 Å². The molecule has 0 aliphatic carbocycles. The zero-order chi connectivity index (χ0) is 15.9. The quantitative estimate of drug-likeness (QED) is 0.738. The Kier molecular flexibility index (Phi) is 5.95. The number of rotatable bonds is 6. The molecule has 0 spiro atoms. The molecule has 0 bridgehead atoms. The van der Waals surface area contributed by atoms with E-state index in [2.05, 4.69) is 38.5 Å². The van der Waals surface area contributed by atoms with E-state index in [0.717, 1.165) is 40.8 Å². The fourth-order valence-corrected chi connectivity index (χ4v) is 2.24. The highest BCUT2D eigenvalue weighted by Gasteiger charge is 2.09. The summed E-state index contributed by atoms with van der Waals surface area (Å²) in [5, 5.41) is 6.17. The average Bonchev–Trinajstić information content (AvgIpc) is 2.51. The zero-order valence-electron chi connectivity index (χ0n) is 12.8. The number of carbonyl (C=O) groups excluding carboxylic acids is 1. The molecular weight excluding hydrogens is 342 g/mol. The highest BCUT2D eigenvalue weighted by atomic mass is 79.9. The lowest BCUT2D eigenvalue weighted by Gasteiger charge is -2.09. The molecule has 2 N–H and O–H groups in total. The van der Waals surface area contributed by atoms with Crippen LogP contribution in [-0.4, -0.2) is 17.4 Å². The van der Waals surface area contributed by atoms with E-state index in [1.165, 1.54) is 0 Å². The Morgan fingerprint density at radius 3 is 2.77 bits per heavy atom. The molecule has 0 atom stereocenters. The number of pyridine rings is 1. The summed E-state index contributed by atoms with van der Waals surface area (Å²) in [7, 11) is 0. The number of benzene rings is 1. The summed E-state index contributed by atoms with van der Waals surface area (Å²) < 4.78 is 1.02. The molecule has 0 unspecified atom stereocenters. The van der Waals surface area contributed by atoms with Crippen molar-refractivity contribution >= 4 is 33.2 Å². The Morgan fingerprint density at radius 2 is 2.05 bits per heavy atom. The molecule has 0 aliphatic rings. The molecule has 0 saturated carbocycles. The molecule has 0 radical (unpaired) electrons. The third kappa shape index (κ3) is 4.56. The summed E-state index contributed by atoms with van der Waals surface area (Å²) in [5.41, 5.74) is 3.15. The van der Waals surface area contributed by atoms with E-state index < -0.39 is 0 Å². The highest BCUT2D eigenvalue weighted by Crippen LogP contribution is 2.20. The van der Waals surface area contributed by atoms with Gasteiger partial charge in [0.05, 0.1) is 0 Å². The van der Waals surface area contributed by atoms with Crippen LogP contribution in [0.15, 0.2) is 41.0 Å². The molecule has 4 nitrogen and oxygen atoms in total. The van der Waals surface area contributed by atoms with Gasteiger partial charge >= 0.3 is 0 Å². The van der Waals surface area contributed by atoms with Crippen molar-refractivity contribution in [3.8, 4) is 0 Å². The van der Waals surface area contributed by atoms with Gasteiger partial charge in [-0.15, -0.1) is 0 Å². The van der Waals surface area contributed by atoms with Crippen LogP contribution in [0.5, 0.6) is 0 Å². The normalized spacial score (nSPS) is 10.3. The summed E-state index contributed by atoms with van der Waals surface area (Å²) >= 11 is 3.45. The highest BCUT2D eigenvalue weighted by molar-refractivity contribution is 9.10. The van der Waals surface area contributed by atoms with Crippen LogP contribution in [0, 0.1) is 6.92 Å². The largest absolute Gasteiger partial charge is 0.385 e. The number of nitrogens with zero attached hydrogens (tertiary/aromatic N) is 1. The number of hydrogen-bond acceptors (Lipinski definition) is 3. The van der Waals surface area contributed by atoms with Crippen molar-refractivity contribution in [3.05, 3.63) is 52.3 Å². The van der Waals surface area contributed by atoms with E-state index in [0.29, 0.717) is 5.69 Å². The molecule has 2 aromatic rings. The molecule has 1 heterocycles. The summed E-state index contributed by atoms with van der Waals surface area (Å²) in [5.74, 6) is -0.208. The second kappa shape index (κ2) is 7.94. The topological polar surface area (TPSA) is 54.0 Å². The summed E-state index contributed by atoms with van der Waals surface area (Å²) in [4.78, 5) is 16.4. The number of halogens is 1. The van der Waals surface area contributed by atoms with Crippen molar-refractivity contribution in [3.63, 3.8) is 0 Å². The third-order valence-corrected chi connectivity index (χ3v) is 4.16. The zero-order valence-corrected chi connectivity index (χ0v) is 14.4. The van der Waals surface area contributed by atoms with Gasteiger partial charge in [-0.2, -0.15) is 0 Å². The van der Waals surface area contributed by atoms with E-state index in [1.807, 2.05) is 31.2 Å². The fraction of sp³-hybridized carbons (Fsp3) is 0.294. The van der Waals surface area contributed by atoms with Crippen molar-refractivity contribution < 1.29 is 4.79 Å². The molecule has 1 aromatic carbocycles. The van der Waals surface area contributed by atoms with Crippen molar-refractivity contribution in [1.29, 1.82) is 0 Å². The van der Waals surface area contributed by atoms with Gasteiger partial charge in [-0.3, -0.25) is 9.78 Å². The molecule has 0 aliphatic heterocycles. The van der Waals surface area contributed by atoms with Crippen molar-refractivity contribution in [1.82, 2.24) is 4.98 Å². The minimum Gasteiger partial charge on any atom is -0.385 e. The van der Waals surface area contributed by atoms with Crippen LogP contribution in [0.25, 0.3) is 0 Å². The first-order chi connectivity index (χ1) is 10.6. The first-order valence-corrected chi connectivity index (χ1v) is 8.17. The predicted molar refractivity (Wildman–Crippen MR) is 94.5 cm³/mol. The second-order valence-corrected chi connectivity index (χ2v) is 5.98. The van der Waals surface area contributed by atoms with Crippen LogP contribution in [0.2, 0.25) is 0 Å². The van der Waals surface area contributed by atoms with Crippen molar-refractivity contribution in [2.75, 3.05) is 17.2 Å². The molecule has 0 fully saturated rings. The lowest BCUT2D eigenvalue weighted by atomic mass is 10.2. The molecule has 0 saturated heterocycles. The number of carbonyl (C=O) groups is 1. The van der Waals surface area contributed by atoms with Gasteiger partial charge in [0.1, 0.15) is 5.69 Å². The number of aromatic nitrogens is 1. The van der Waals surface area contributed by atoms with Gasteiger partial charge in [-0.05, 0) is 49.2 Å². The number of aryl methyl sites for hydroxylation is 1. The van der Waals surface area contributed by atoms with Crippen LogP contribution in [0.3, 0.4) is 0 Å². The van der Waals surface area contributed by atoms with Gasteiger partial charge in [0.25, 0.3) is 5.91 Å². The van der Waals surface area contributed by atoms with Gasteiger partial charge in [0.2, 0.25) is 0 Å². The minimum absolute atomic E-state index is 0.208. The molecule has 2 rings (SSSR count). The third-order valence-electron chi connectivity index (χ3n) is 3.27. The number of hydrogen-bond donors (Lipinski definition) is 2. The lowest BCUT2D eigenvalue weighted by Crippen LogP contribution is -2.14. The van der Waals surface area contributed by atoms with E-state index >= 15 is 0 Å². The average molecular weight is 362 g/mol. The Balaban J connectivity index is 2.05. The van der Waals surface area contributed by atoms with E-state index in [-0.39, 0.29) is 5.91 Å². The maximum atomic E-state index is 12.3. The molecular formula is C17H20BrN3O. The number of amides is 1. The Bertz CT molecular complexity index is 658. The van der Waals surface area contributed by atoms with E-state index in [9.17, 15) is 4.79 Å². The first-order valence-electron chi connectivity index (χ1n) is 7.37. The fourth-order valence-electron chi connectivity index (χ4n) is 1.99. The lowest BCUT2D eigenvalue weighted by molar-refractivity contribution is 0.102. The summed E-state index contributed by atoms with van der Waals surface area (Å²) in [6, 6.07) is 9.34. The summed E-state index contributed by atoms with van der Waals surface area (Å²) in [6.45, 7) is 5.02. The summed E-state index contributed by atoms with van der Waals surface area (Å²) in [6.07, 6.45) is 3.88. The Morgan fingerprint density at radius 1 is 1.23 bits per heavy atom. The standard InChI is InChI=1S/C17H20BrN3O/c1-3-4-8-19-13-7-9-20-16(11-13)17(22)21-14-5-6-15(18)12(2)10-14/h5-7,9-11H,3-4,8H2,1-2H3,(H,19,20)(H,21,22). The smallest absolute Gasteiger partial charge is 0.274 e. The van der Waals surface area contributed by atoms with Gasteiger partial charge in [-0.25, -0.2) is 0 Å². The predicted octanol–water partition coefficient (Wildman–Crippen LogP) is 4.62. The maximum Gasteiger partial charge on any atom is 0.274 e. The van der Waals surface area contributed by atoms with E-state index in [1.54, 1.807) is 12.3 Å². The minimum atomic E-state index is -0.208. The molecule has 5 heteroatoms. The van der Waals surface area contributed by atoms with Gasteiger partial charge in [0, 0.05) is 28.6 Å². The second-order valence-electron chi connectivity index (χ2n) is 5.13. The van der Waals surface area contributed by atoms with Gasteiger partial charge < -0.3 is 10.6 Å². The van der Waals surface area contributed by atoms with Crippen LogP contribution < -0.4 is 10.6 Å². The van der Waals surface area contributed by atoms with Gasteiger partial charge in [0.15, 0.2) is 0 Å². The molecule has 1 amide bonds. The monoisotopic (exact) mass is 361 g/mol. The van der Waals surface area contributed by atoms with E-state index in [4.69, 9.17) is 0 Å². The molecule has 22 heavy (non-hydrogen) atoms. The number of anilines is 2. The van der Waals surface area contributed by atoms with Crippen LogP contribution >= 0.6 is 15.9 Å². The first kappa shape index (κ1) is 16.5. The SMILES string of the molecule is CCCCNc1ccnc(C(=O)Nc2ccc(Br)c(C)c2)c1. The Hall–Kier alpha value is -1.88. The van der Waals surface area contributed by atoms with Crippen molar-refractivity contribution in [2.45, 2.75) is 26.7 Å². The molecule has 116 valence electrons. The number of nitrogens with one attached hydrogen (secondary N) is 2. The Labute approximate surface area is 139 Å². The van der Waals surface area contributed by atoms with Crippen molar-refractivity contribution in [2.24, 2.45) is 0 Å². The van der Waals surface area contributed by atoms with Gasteiger partial charge in [-0.1, -0.05) is 29.3 Å². The molecule has 1 aromatic heterocycles. The maximum absolute atomic E-state index is 12.3.